The van der Waals surface area contributed by atoms with Gasteiger partial charge in [-0.25, -0.2) is 0 Å². The molecule has 2 heterocycles. The van der Waals surface area contributed by atoms with Gasteiger partial charge < -0.3 is 20.3 Å². The van der Waals surface area contributed by atoms with Gasteiger partial charge in [-0.05, 0) is 40.0 Å². The number of aromatic nitrogens is 1. The molecule has 0 bridgehead atoms. The van der Waals surface area contributed by atoms with E-state index in [1.807, 2.05) is 26.0 Å². The van der Waals surface area contributed by atoms with Crippen molar-refractivity contribution in [1.29, 1.82) is 0 Å². The number of nitrogens with two attached hydrogens (primary N) is 1. The summed E-state index contributed by atoms with van der Waals surface area (Å²) in [6.07, 6.45) is 0.0787. The van der Waals surface area contributed by atoms with E-state index in [-0.39, 0.29) is 6.10 Å². The molecule has 1 saturated heterocycles. The molecular weight excluding hydrogens is 240 g/mol. The van der Waals surface area contributed by atoms with Crippen LogP contribution in [0.2, 0.25) is 0 Å². The molecule has 0 aromatic carbocycles. The molecule has 1 aromatic rings. The van der Waals surface area contributed by atoms with Gasteiger partial charge in [0.1, 0.15) is 5.82 Å². The number of ether oxygens (including phenoxy) is 1. The van der Waals surface area contributed by atoms with Gasteiger partial charge in [0.15, 0.2) is 0 Å². The Morgan fingerprint density at radius 3 is 2.74 bits per heavy atom. The maximum absolute atomic E-state index is 5.91. The number of pyridine rings is 1. The van der Waals surface area contributed by atoms with Crippen LogP contribution in [0.15, 0.2) is 12.1 Å². The highest BCUT2D eigenvalue weighted by Gasteiger charge is 2.23. The van der Waals surface area contributed by atoms with E-state index >= 15 is 0 Å². The number of piperazine rings is 1. The Labute approximate surface area is 115 Å². The fourth-order valence-corrected chi connectivity index (χ4v) is 2.40. The lowest BCUT2D eigenvalue weighted by molar-refractivity contribution is 0.233. The Morgan fingerprint density at radius 2 is 2.11 bits per heavy atom. The maximum Gasteiger partial charge on any atom is 0.239 e. The van der Waals surface area contributed by atoms with Crippen molar-refractivity contribution in [2.24, 2.45) is 0 Å². The van der Waals surface area contributed by atoms with Gasteiger partial charge in [0.05, 0.1) is 11.8 Å². The molecule has 0 saturated carbocycles. The number of nitrogen functional groups attached to an aromatic ring is 1. The fourth-order valence-electron chi connectivity index (χ4n) is 2.40. The summed E-state index contributed by atoms with van der Waals surface area (Å²) in [6, 6.07) is 4.30. The van der Waals surface area contributed by atoms with Crippen molar-refractivity contribution in [2.75, 3.05) is 37.3 Å². The van der Waals surface area contributed by atoms with Crippen LogP contribution in [0, 0.1) is 0 Å². The lowest BCUT2D eigenvalue weighted by Gasteiger charge is -2.39. The molecule has 2 rings (SSSR count). The normalized spacial score (nSPS) is 20.9. The van der Waals surface area contributed by atoms with Gasteiger partial charge in [-0.15, -0.1) is 0 Å². The van der Waals surface area contributed by atoms with Gasteiger partial charge in [-0.2, -0.15) is 4.98 Å². The molecule has 1 fully saturated rings. The van der Waals surface area contributed by atoms with Crippen LogP contribution in [-0.4, -0.2) is 48.7 Å². The molecule has 5 nitrogen and oxygen atoms in total. The quantitative estimate of drug-likeness (QED) is 0.898. The van der Waals surface area contributed by atoms with Gasteiger partial charge in [-0.1, -0.05) is 0 Å². The van der Waals surface area contributed by atoms with E-state index in [0.717, 1.165) is 25.5 Å². The molecule has 0 amide bonds. The van der Waals surface area contributed by atoms with E-state index in [1.54, 1.807) is 0 Å². The third-order valence-electron chi connectivity index (χ3n) is 3.35. The Hall–Kier alpha value is -1.49. The van der Waals surface area contributed by atoms with Crippen molar-refractivity contribution >= 4 is 11.5 Å². The van der Waals surface area contributed by atoms with Gasteiger partial charge in [0.2, 0.25) is 5.88 Å². The molecule has 1 aliphatic rings. The van der Waals surface area contributed by atoms with Crippen molar-refractivity contribution in [1.82, 2.24) is 9.88 Å². The van der Waals surface area contributed by atoms with Crippen molar-refractivity contribution < 1.29 is 4.74 Å². The average molecular weight is 264 g/mol. The highest BCUT2D eigenvalue weighted by molar-refractivity contribution is 5.55. The summed E-state index contributed by atoms with van der Waals surface area (Å²) in [7, 11) is 2.15. The second-order valence-corrected chi connectivity index (χ2v) is 5.54. The van der Waals surface area contributed by atoms with Crippen LogP contribution in [0.4, 0.5) is 11.5 Å². The second-order valence-electron chi connectivity index (χ2n) is 5.54. The average Bonchev–Trinajstić information content (AvgIpc) is 2.32. The Kier molecular flexibility index (Phi) is 4.14. The number of nitrogens with zero attached hydrogens (tertiary/aromatic N) is 3. The summed E-state index contributed by atoms with van der Waals surface area (Å²) in [5.41, 5.74) is 6.51. The number of hydrogen-bond acceptors (Lipinski definition) is 5. The van der Waals surface area contributed by atoms with Crippen molar-refractivity contribution in [3.8, 4) is 5.88 Å². The van der Waals surface area contributed by atoms with Crippen molar-refractivity contribution in [2.45, 2.75) is 32.9 Å². The first-order valence-corrected chi connectivity index (χ1v) is 6.85. The summed E-state index contributed by atoms with van der Waals surface area (Å²) in [5, 5.41) is 0. The molecule has 1 aliphatic heterocycles. The molecule has 1 aromatic heterocycles. The van der Waals surface area contributed by atoms with Crippen molar-refractivity contribution in [3.63, 3.8) is 0 Å². The molecule has 19 heavy (non-hydrogen) atoms. The standard InChI is InChI=1S/C14H24N4O/c1-10(2)19-14-12(15)5-6-13(16-14)18-8-7-17(4)9-11(18)3/h5-6,10-11H,7-9,15H2,1-4H3. The zero-order valence-electron chi connectivity index (χ0n) is 12.3. The van der Waals surface area contributed by atoms with Gasteiger partial charge in [-0.3, -0.25) is 0 Å². The summed E-state index contributed by atoms with van der Waals surface area (Å²) in [4.78, 5) is 9.22. The zero-order chi connectivity index (χ0) is 14.0. The summed E-state index contributed by atoms with van der Waals surface area (Å²) in [6.45, 7) is 9.26. The molecule has 0 radical (unpaired) electrons. The molecule has 0 spiro atoms. The van der Waals surface area contributed by atoms with E-state index < -0.39 is 0 Å². The number of hydrogen-bond donors (Lipinski definition) is 1. The van der Waals surface area contributed by atoms with Crippen LogP contribution in [0.5, 0.6) is 5.88 Å². The van der Waals surface area contributed by atoms with Crippen LogP contribution in [0.3, 0.4) is 0 Å². The minimum Gasteiger partial charge on any atom is -0.473 e. The zero-order valence-corrected chi connectivity index (χ0v) is 12.3. The van der Waals surface area contributed by atoms with Gasteiger partial charge >= 0.3 is 0 Å². The number of anilines is 2. The molecule has 5 heteroatoms. The topological polar surface area (TPSA) is 54.6 Å². The molecule has 1 unspecified atom stereocenters. The third-order valence-corrected chi connectivity index (χ3v) is 3.35. The monoisotopic (exact) mass is 264 g/mol. The largest absolute Gasteiger partial charge is 0.473 e. The van der Waals surface area contributed by atoms with E-state index in [9.17, 15) is 0 Å². The molecule has 0 aliphatic carbocycles. The maximum atomic E-state index is 5.91. The summed E-state index contributed by atoms with van der Waals surface area (Å²) < 4.78 is 5.66. The van der Waals surface area contributed by atoms with Crippen LogP contribution < -0.4 is 15.4 Å². The minimum atomic E-state index is 0.0787. The fraction of sp³-hybridized carbons (Fsp3) is 0.643. The predicted molar refractivity (Wildman–Crippen MR) is 78.7 cm³/mol. The van der Waals surface area contributed by atoms with E-state index in [2.05, 4.69) is 28.8 Å². The van der Waals surface area contributed by atoms with Crippen LogP contribution >= 0.6 is 0 Å². The first kappa shape index (κ1) is 13.9. The molecule has 2 N–H and O–H groups in total. The van der Waals surface area contributed by atoms with Crippen LogP contribution in [0.25, 0.3) is 0 Å². The highest BCUT2D eigenvalue weighted by Crippen LogP contribution is 2.26. The third kappa shape index (κ3) is 3.29. The first-order valence-electron chi connectivity index (χ1n) is 6.85. The van der Waals surface area contributed by atoms with Crippen LogP contribution in [-0.2, 0) is 0 Å². The van der Waals surface area contributed by atoms with E-state index in [1.165, 1.54) is 0 Å². The number of likely N-dealkylation sites (N-methyl/N-ethyl adjacent to an activating group) is 1. The van der Waals surface area contributed by atoms with E-state index in [0.29, 0.717) is 17.6 Å². The highest BCUT2D eigenvalue weighted by atomic mass is 16.5. The SMILES string of the molecule is CC(C)Oc1nc(N2CCN(C)CC2C)ccc1N. The first-order chi connectivity index (χ1) is 8.97. The lowest BCUT2D eigenvalue weighted by Crippen LogP contribution is -2.50. The van der Waals surface area contributed by atoms with Gasteiger partial charge in [0.25, 0.3) is 0 Å². The smallest absolute Gasteiger partial charge is 0.239 e. The molecule has 106 valence electrons. The Balaban J connectivity index is 2.20. The lowest BCUT2D eigenvalue weighted by atomic mass is 10.2. The van der Waals surface area contributed by atoms with Crippen molar-refractivity contribution in [3.05, 3.63) is 12.1 Å². The minimum absolute atomic E-state index is 0.0787. The van der Waals surface area contributed by atoms with E-state index in [4.69, 9.17) is 10.5 Å². The number of rotatable bonds is 3. The Bertz CT molecular complexity index is 435. The summed E-state index contributed by atoms with van der Waals surface area (Å²) in [5.74, 6) is 1.49. The molecular formula is C14H24N4O. The summed E-state index contributed by atoms with van der Waals surface area (Å²) >= 11 is 0. The Morgan fingerprint density at radius 1 is 1.37 bits per heavy atom. The molecule has 1 atom stereocenters. The van der Waals surface area contributed by atoms with Crippen LogP contribution in [0.1, 0.15) is 20.8 Å². The van der Waals surface area contributed by atoms with Gasteiger partial charge in [0, 0.05) is 25.7 Å². The second kappa shape index (κ2) is 5.65. The predicted octanol–water partition coefficient (Wildman–Crippen LogP) is 1.59.